The van der Waals surface area contributed by atoms with Gasteiger partial charge in [0, 0.05) is 17.8 Å². The zero-order valence-corrected chi connectivity index (χ0v) is 15.0. The lowest BCUT2D eigenvalue weighted by atomic mass is 10.1. The number of ether oxygens (including phenoxy) is 1. The summed E-state index contributed by atoms with van der Waals surface area (Å²) in [5.74, 6) is 0.295. The third-order valence-electron chi connectivity index (χ3n) is 4.16. The molecule has 0 aliphatic rings. The largest absolute Gasteiger partial charge is 0.491 e. The van der Waals surface area contributed by atoms with Crippen molar-refractivity contribution in [2.45, 2.75) is 65.4 Å². The average Bonchev–Trinajstić information content (AvgIpc) is 2.59. The number of hydrogen-bond acceptors (Lipinski definition) is 2. The molecule has 2 nitrogen and oxygen atoms in total. The number of hydrogen-bond donors (Lipinski definition) is 0. The van der Waals surface area contributed by atoms with Gasteiger partial charge in [-0.05, 0) is 49.9 Å². The summed E-state index contributed by atoms with van der Waals surface area (Å²) in [5, 5.41) is 0. The lowest BCUT2D eigenvalue weighted by Gasteiger charge is -2.15. The quantitative estimate of drug-likeness (QED) is 0.547. The summed E-state index contributed by atoms with van der Waals surface area (Å²) >= 11 is 0. The van der Waals surface area contributed by atoms with Crippen molar-refractivity contribution in [3.63, 3.8) is 0 Å². The predicted molar refractivity (Wildman–Crippen MR) is 97.9 cm³/mol. The number of nitrogens with zero attached hydrogens (tertiary/aromatic N) is 1. The van der Waals surface area contributed by atoms with Gasteiger partial charge in [0.15, 0.2) is 0 Å². The fraction of sp³-hybridized carbons (Fsp3) is 0.476. The van der Waals surface area contributed by atoms with Crippen LogP contribution in [0.5, 0.6) is 5.75 Å². The number of pyridine rings is 1. The van der Waals surface area contributed by atoms with E-state index in [4.69, 9.17) is 4.74 Å². The smallest absolute Gasteiger partial charge is 0.136 e. The summed E-state index contributed by atoms with van der Waals surface area (Å²) in [5.41, 5.74) is 2.38. The molecule has 1 aromatic heterocycles. The normalized spacial score (nSPS) is 12.2. The van der Waals surface area contributed by atoms with Crippen molar-refractivity contribution in [1.82, 2.24) is 4.98 Å². The van der Waals surface area contributed by atoms with Crippen LogP contribution in [-0.4, -0.2) is 11.1 Å². The van der Waals surface area contributed by atoms with Crippen LogP contribution in [0, 0.1) is 5.82 Å². The van der Waals surface area contributed by atoms with Crippen LogP contribution in [0.25, 0.3) is 11.3 Å². The minimum Gasteiger partial charge on any atom is -0.491 e. The molecule has 1 heterocycles. The molecule has 0 saturated heterocycles. The Hall–Kier alpha value is -1.90. The minimum atomic E-state index is -0.288. The lowest BCUT2D eigenvalue weighted by Crippen LogP contribution is -2.11. The van der Waals surface area contributed by atoms with Crippen LogP contribution in [0.15, 0.2) is 36.5 Å². The molecule has 0 saturated carbocycles. The Kier molecular flexibility index (Phi) is 7.23. The molecule has 2 aromatic rings. The number of unbranched alkanes of at least 4 members (excludes halogenated alkanes) is 2. The van der Waals surface area contributed by atoms with E-state index in [1.807, 2.05) is 31.3 Å². The first-order valence-corrected chi connectivity index (χ1v) is 9.05. The summed E-state index contributed by atoms with van der Waals surface area (Å²) in [4.78, 5) is 4.41. The van der Waals surface area contributed by atoms with E-state index >= 15 is 0 Å². The van der Waals surface area contributed by atoms with Crippen LogP contribution in [0.1, 0.15) is 58.4 Å². The Balaban J connectivity index is 2.06. The van der Waals surface area contributed by atoms with Gasteiger partial charge < -0.3 is 4.74 Å². The van der Waals surface area contributed by atoms with Crippen molar-refractivity contribution >= 4 is 0 Å². The van der Waals surface area contributed by atoms with Gasteiger partial charge in [0.1, 0.15) is 11.6 Å². The number of halogens is 1. The average molecular weight is 329 g/mol. The number of aryl methyl sites for hydroxylation is 1. The van der Waals surface area contributed by atoms with Gasteiger partial charge in [0.25, 0.3) is 0 Å². The fourth-order valence-corrected chi connectivity index (χ4v) is 2.67. The number of benzene rings is 1. The van der Waals surface area contributed by atoms with E-state index in [-0.39, 0.29) is 11.9 Å². The maximum absolute atomic E-state index is 14.4. The van der Waals surface area contributed by atoms with Crippen LogP contribution in [-0.2, 0) is 6.42 Å². The molecule has 0 unspecified atom stereocenters. The molecule has 1 aromatic carbocycles. The topological polar surface area (TPSA) is 22.1 Å². The van der Waals surface area contributed by atoms with E-state index in [9.17, 15) is 4.39 Å². The predicted octanol–water partition coefficient (Wildman–Crippen LogP) is 6.19. The Morgan fingerprint density at radius 2 is 1.88 bits per heavy atom. The van der Waals surface area contributed by atoms with E-state index < -0.39 is 0 Å². The molecule has 0 radical (unpaired) electrons. The van der Waals surface area contributed by atoms with E-state index in [1.54, 1.807) is 6.07 Å². The first kappa shape index (κ1) is 18.4. The van der Waals surface area contributed by atoms with Gasteiger partial charge in [0.2, 0.25) is 0 Å². The molecule has 0 aliphatic heterocycles. The second-order valence-electron chi connectivity index (χ2n) is 6.37. The maximum Gasteiger partial charge on any atom is 0.136 e. The maximum atomic E-state index is 14.4. The molecular weight excluding hydrogens is 301 g/mol. The molecular formula is C21H28FNO. The molecule has 3 heteroatoms. The second-order valence-corrected chi connectivity index (χ2v) is 6.37. The van der Waals surface area contributed by atoms with Crippen molar-refractivity contribution < 1.29 is 9.13 Å². The molecule has 0 bridgehead atoms. The zero-order valence-electron chi connectivity index (χ0n) is 15.0. The SMILES string of the molecule is CCCCc1ccc(-c2ccc(O[C@@H](C)CCCC)cc2F)nc1. The van der Waals surface area contributed by atoms with E-state index in [1.165, 1.54) is 11.6 Å². The van der Waals surface area contributed by atoms with Crippen LogP contribution in [0.2, 0.25) is 0 Å². The first-order chi connectivity index (χ1) is 11.6. The van der Waals surface area contributed by atoms with E-state index in [0.29, 0.717) is 17.0 Å². The summed E-state index contributed by atoms with van der Waals surface area (Å²) in [6.07, 6.45) is 8.53. The highest BCUT2D eigenvalue weighted by Crippen LogP contribution is 2.26. The van der Waals surface area contributed by atoms with Gasteiger partial charge >= 0.3 is 0 Å². The molecule has 0 spiro atoms. The van der Waals surface area contributed by atoms with Crippen molar-refractivity contribution in [3.8, 4) is 17.0 Å². The highest BCUT2D eigenvalue weighted by atomic mass is 19.1. The van der Waals surface area contributed by atoms with Gasteiger partial charge in [0.05, 0.1) is 11.8 Å². The van der Waals surface area contributed by atoms with Crippen LogP contribution in [0.3, 0.4) is 0 Å². The molecule has 24 heavy (non-hydrogen) atoms. The third kappa shape index (κ3) is 5.33. The zero-order chi connectivity index (χ0) is 17.4. The van der Waals surface area contributed by atoms with Gasteiger partial charge in [-0.1, -0.05) is 39.2 Å². The summed E-state index contributed by atoms with van der Waals surface area (Å²) in [6, 6.07) is 8.98. The molecule has 2 rings (SSSR count). The van der Waals surface area contributed by atoms with Crippen LogP contribution < -0.4 is 4.74 Å². The molecule has 130 valence electrons. The van der Waals surface area contributed by atoms with Gasteiger partial charge in [-0.3, -0.25) is 4.98 Å². The van der Waals surface area contributed by atoms with E-state index in [0.717, 1.165) is 38.5 Å². The monoisotopic (exact) mass is 329 g/mol. The molecule has 0 amide bonds. The van der Waals surface area contributed by atoms with E-state index in [2.05, 4.69) is 18.8 Å². The Bertz CT molecular complexity index is 624. The molecule has 0 aliphatic carbocycles. The molecule has 0 fully saturated rings. The summed E-state index contributed by atoms with van der Waals surface area (Å²) in [7, 11) is 0. The van der Waals surface area contributed by atoms with Crippen molar-refractivity contribution in [2.24, 2.45) is 0 Å². The van der Waals surface area contributed by atoms with Crippen LogP contribution in [0.4, 0.5) is 4.39 Å². The Morgan fingerprint density at radius 3 is 2.50 bits per heavy atom. The van der Waals surface area contributed by atoms with Crippen molar-refractivity contribution in [1.29, 1.82) is 0 Å². The number of rotatable bonds is 9. The summed E-state index contributed by atoms with van der Waals surface area (Å²) in [6.45, 7) is 6.35. The highest BCUT2D eigenvalue weighted by Gasteiger charge is 2.10. The van der Waals surface area contributed by atoms with Crippen molar-refractivity contribution in [3.05, 3.63) is 47.9 Å². The Morgan fingerprint density at radius 1 is 1.08 bits per heavy atom. The fourth-order valence-electron chi connectivity index (χ4n) is 2.67. The third-order valence-corrected chi connectivity index (χ3v) is 4.16. The minimum absolute atomic E-state index is 0.103. The highest BCUT2D eigenvalue weighted by molar-refractivity contribution is 5.61. The van der Waals surface area contributed by atoms with Crippen molar-refractivity contribution in [2.75, 3.05) is 0 Å². The lowest BCUT2D eigenvalue weighted by molar-refractivity contribution is 0.206. The Labute approximate surface area is 145 Å². The molecule has 0 N–H and O–H groups in total. The first-order valence-electron chi connectivity index (χ1n) is 9.05. The molecule has 1 atom stereocenters. The number of aromatic nitrogens is 1. The summed E-state index contributed by atoms with van der Waals surface area (Å²) < 4.78 is 20.2. The van der Waals surface area contributed by atoms with Gasteiger partial charge in [-0.25, -0.2) is 4.39 Å². The van der Waals surface area contributed by atoms with Gasteiger partial charge in [-0.2, -0.15) is 0 Å². The standard InChI is InChI=1S/C21H28FNO/c1-4-6-8-16(3)24-18-11-12-19(20(22)14-18)21-13-10-17(15-23-21)9-7-5-2/h10-16H,4-9H2,1-3H3/t16-/m0/s1. The van der Waals surface area contributed by atoms with Gasteiger partial charge in [-0.15, -0.1) is 0 Å². The van der Waals surface area contributed by atoms with Crippen LogP contribution >= 0.6 is 0 Å². The second kappa shape index (κ2) is 9.41.